The molecule has 0 aromatic carbocycles. The Morgan fingerprint density at radius 1 is 1.36 bits per heavy atom. The predicted molar refractivity (Wildman–Crippen MR) is 160 cm³/mol. The second kappa shape index (κ2) is 12.8. The lowest BCUT2D eigenvalue weighted by Crippen LogP contribution is -2.71. The molecule has 3 atom stereocenters. The number of aliphatic carboxylic acids is 2. The van der Waals surface area contributed by atoms with E-state index < -0.39 is 47.0 Å². The molecule has 19 heteroatoms. The van der Waals surface area contributed by atoms with Crippen molar-refractivity contribution < 1.29 is 38.8 Å². The summed E-state index contributed by atoms with van der Waals surface area (Å²) in [6, 6.07) is 0.720. The van der Waals surface area contributed by atoms with E-state index in [2.05, 4.69) is 20.4 Å². The molecule has 7 N–H and O–H groups in total. The average Bonchev–Trinajstić information content (AvgIpc) is 3.55. The van der Waals surface area contributed by atoms with Crippen LogP contribution in [0.15, 0.2) is 41.2 Å². The number of hydrogen-bond acceptors (Lipinski definition) is 12. The van der Waals surface area contributed by atoms with Crippen molar-refractivity contribution >= 4 is 80.3 Å². The summed E-state index contributed by atoms with van der Waals surface area (Å²) < 4.78 is 3.80. The molecule has 2 unspecified atom stereocenters. The van der Waals surface area contributed by atoms with E-state index >= 15 is 0 Å². The number of nitrogens with zero attached hydrogens (tertiary/aromatic N) is 6. The number of imidazole rings is 1. The quantitative estimate of drug-likeness (QED) is 0.0745. The number of halogens is 1. The van der Waals surface area contributed by atoms with Gasteiger partial charge >= 0.3 is 11.9 Å². The van der Waals surface area contributed by atoms with Gasteiger partial charge in [-0.25, -0.2) is 19.6 Å². The lowest BCUT2D eigenvalue weighted by molar-refractivity contribution is -0.687. The van der Waals surface area contributed by atoms with Gasteiger partial charge in [0.05, 0.1) is 6.33 Å². The van der Waals surface area contributed by atoms with E-state index in [1.165, 1.54) is 18.7 Å². The number of nitrogens with two attached hydrogens (primary N) is 2. The number of nitrogens with one attached hydrogen (secondary N) is 1. The third-order valence-corrected chi connectivity index (χ3v) is 9.25. The number of carboxylic acids is 2. The third kappa shape index (κ3) is 6.05. The molecule has 2 amide bonds. The third-order valence-electron chi connectivity index (χ3n) is 6.82. The SMILES string of the molecule is C[C@H](ON=C(C(=O)NC1C(=O)N2C(C(=O)O)=C(C[n+]3ccc4ncn(CCCN)c4c3)CSC12)c1nc(N)sc1Cl)C(=O)O. The monoisotopic (exact) mass is 664 g/mol. The van der Waals surface area contributed by atoms with Gasteiger partial charge in [0.15, 0.2) is 29.8 Å². The van der Waals surface area contributed by atoms with Crippen LogP contribution in [0.1, 0.15) is 19.0 Å². The number of carboxylic acid groups (broad SMARTS) is 2. The van der Waals surface area contributed by atoms with Gasteiger partial charge < -0.3 is 36.4 Å². The van der Waals surface area contributed by atoms with Gasteiger partial charge in [0.25, 0.3) is 11.8 Å². The second-order valence-corrected chi connectivity index (χ2v) is 12.5. The second-order valence-electron chi connectivity index (χ2n) is 9.79. The van der Waals surface area contributed by atoms with Gasteiger partial charge in [-0.05, 0) is 19.9 Å². The highest BCUT2D eigenvalue weighted by molar-refractivity contribution is 8.00. The average molecular weight is 665 g/mol. The molecule has 2 aliphatic rings. The van der Waals surface area contributed by atoms with Crippen molar-refractivity contribution in [3.8, 4) is 0 Å². The summed E-state index contributed by atoms with van der Waals surface area (Å²) in [4.78, 5) is 64.6. The molecule has 0 saturated carbocycles. The molecule has 44 heavy (non-hydrogen) atoms. The first-order chi connectivity index (χ1) is 21.0. The summed E-state index contributed by atoms with van der Waals surface area (Å²) in [5.41, 5.74) is 12.7. The molecule has 3 aromatic heterocycles. The van der Waals surface area contributed by atoms with Crippen LogP contribution in [0.5, 0.6) is 0 Å². The fraction of sp³-hybridized carbons (Fsp3) is 0.360. The van der Waals surface area contributed by atoms with Crippen molar-refractivity contribution in [1.82, 2.24) is 24.8 Å². The first-order valence-electron chi connectivity index (χ1n) is 13.1. The number of oxime groups is 1. The van der Waals surface area contributed by atoms with Crippen molar-refractivity contribution in [3.63, 3.8) is 0 Å². The molecule has 3 aromatic rings. The summed E-state index contributed by atoms with van der Waals surface area (Å²) in [5.74, 6) is -3.92. The molecule has 232 valence electrons. The van der Waals surface area contributed by atoms with Crippen LogP contribution in [0, 0.1) is 0 Å². The van der Waals surface area contributed by atoms with Gasteiger partial charge in [0.2, 0.25) is 6.10 Å². The van der Waals surface area contributed by atoms with Gasteiger partial charge in [-0.3, -0.25) is 14.5 Å². The van der Waals surface area contributed by atoms with E-state index in [9.17, 15) is 24.3 Å². The highest BCUT2D eigenvalue weighted by Gasteiger charge is 2.55. The minimum atomic E-state index is -1.41. The number of carbonyl (C=O) groups is 4. The van der Waals surface area contributed by atoms with E-state index in [1.54, 1.807) is 12.5 Å². The standard InChI is InChI=1S/C25H26ClN9O7S2/c1-11(23(38)39)42-32-16(15-19(26)44-25(28)31-15)20(36)30-17-21(37)35-18(24(40)41)12(9-43-22(17)35)7-33-6-3-13-14(8-33)34(10-29-13)5-2-4-27/h3,6,8,10-11,17,22H,2,4-5,7,9,27H2,1H3,(H4-,28,30,31,36,38,39,40,41)/p+1/t11-,17?,22?/m0/s1. The van der Waals surface area contributed by atoms with Crippen molar-refractivity contribution in [3.05, 3.63) is 46.1 Å². The van der Waals surface area contributed by atoms with Gasteiger partial charge in [0, 0.05) is 23.9 Å². The fourth-order valence-corrected chi connectivity index (χ4v) is 6.91. The highest BCUT2D eigenvalue weighted by atomic mass is 35.5. The van der Waals surface area contributed by atoms with Crippen molar-refractivity contribution in [2.75, 3.05) is 18.0 Å². The van der Waals surface area contributed by atoms with Crippen LogP contribution in [-0.2, 0) is 37.1 Å². The summed E-state index contributed by atoms with van der Waals surface area (Å²) in [6.07, 6.45) is 4.75. The number of aryl methyl sites for hydroxylation is 1. The molecule has 0 radical (unpaired) electrons. The van der Waals surface area contributed by atoms with Crippen LogP contribution in [0.25, 0.3) is 11.0 Å². The van der Waals surface area contributed by atoms with Crippen molar-refractivity contribution in [2.24, 2.45) is 10.9 Å². The molecule has 2 aliphatic heterocycles. The lowest BCUT2D eigenvalue weighted by atomic mass is 10.0. The summed E-state index contributed by atoms with van der Waals surface area (Å²) in [6.45, 7) is 2.63. The van der Waals surface area contributed by atoms with E-state index in [0.717, 1.165) is 33.7 Å². The Morgan fingerprint density at radius 3 is 2.80 bits per heavy atom. The zero-order valence-corrected chi connectivity index (χ0v) is 25.4. The minimum absolute atomic E-state index is 0.00422. The normalized spacial score (nSPS) is 19.0. The zero-order valence-electron chi connectivity index (χ0n) is 23.0. The predicted octanol–water partition coefficient (Wildman–Crippen LogP) is -0.00270. The maximum absolute atomic E-state index is 13.3. The number of nitrogen functional groups attached to an aromatic ring is 1. The van der Waals surface area contributed by atoms with Gasteiger partial charge in [-0.1, -0.05) is 28.1 Å². The Morgan fingerprint density at radius 2 is 2.14 bits per heavy atom. The van der Waals surface area contributed by atoms with Crippen molar-refractivity contribution in [1.29, 1.82) is 0 Å². The number of carbonyl (C=O) groups excluding carboxylic acids is 2. The van der Waals surface area contributed by atoms with Gasteiger partial charge in [0.1, 0.15) is 38.2 Å². The van der Waals surface area contributed by atoms with Gasteiger partial charge in [-0.2, -0.15) is 4.57 Å². The van der Waals surface area contributed by atoms with E-state index in [4.69, 9.17) is 33.0 Å². The van der Waals surface area contributed by atoms with Crippen LogP contribution < -0.4 is 21.4 Å². The van der Waals surface area contributed by atoms with Crippen molar-refractivity contribution in [2.45, 2.75) is 44.0 Å². The number of amides is 2. The van der Waals surface area contributed by atoms with Crippen LogP contribution in [0.4, 0.5) is 5.13 Å². The Kier molecular flexibility index (Phi) is 9.05. The molecule has 16 nitrogen and oxygen atoms in total. The number of pyridine rings is 1. The number of thioether (sulfide) groups is 1. The molecular formula is C25H27ClN9O7S2+. The number of fused-ring (bicyclic) bond motifs is 2. The number of anilines is 1. The smallest absolute Gasteiger partial charge is 0.352 e. The summed E-state index contributed by atoms with van der Waals surface area (Å²) in [7, 11) is 0. The largest absolute Gasteiger partial charge is 0.478 e. The zero-order chi connectivity index (χ0) is 31.7. The molecule has 1 saturated heterocycles. The summed E-state index contributed by atoms with van der Waals surface area (Å²) >= 11 is 8.31. The van der Waals surface area contributed by atoms with Crippen LogP contribution in [0.3, 0.4) is 0 Å². The molecule has 5 rings (SSSR count). The number of β-lactam (4-membered cyclic amide) rings is 1. The van der Waals surface area contributed by atoms with Crippen LogP contribution >= 0.6 is 34.7 Å². The maximum atomic E-state index is 13.3. The van der Waals surface area contributed by atoms with Gasteiger partial charge in [-0.15, -0.1) is 11.8 Å². The Labute approximate surface area is 262 Å². The number of hydrogen-bond donors (Lipinski definition) is 5. The van der Waals surface area contributed by atoms with E-state index in [1.807, 2.05) is 21.4 Å². The number of aromatic nitrogens is 4. The van der Waals surface area contributed by atoms with E-state index in [-0.39, 0.29) is 33.2 Å². The van der Waals surface area contributed by atoms with E-state index in [0.29, 0.717) is 18.7 Å². The molecule has 0 aliphatic carbocycles. The Hall–Kier alpha value is -4.26. The molecule has 0 bridgehead atoms. The Balaban J connectivity index is 1.36. The molecule has 0 spiro atoms. The lowest BCUT2D eigenvalue weighted by Gasteiger charge is -2.49. The minimum Gasteiger partial charge on any atom is -0.478 e. The van der Waals surface area contributed by atoms with Crippen LogP contribution in [-0.4, -0.2) is 88.9 Å². The van der Waals surface area contributed by atoms with Crippen LogP contribution in [0.2, 0.25) is 4.34 Å². The first-order valence-corrected chi connectivity index (χ1v) is 15.4. The Bertz CT molecular complexity index is 1720. The highest BCUT2D eigenvalue weighted by Crippen LogP contribution is 2.40. The number of rotatable bonds is 12. The fourth-order valence-electron chi connectivity index (χ4n) is 4.65. The molecule has 1 fully saturated rings. The molecular weight excluding hydrogens is 638 g/mol. The topological polar surface area (TPSA) is 232 Å². The maximum Gasteiger partial charge on any atom is 0.352 e. The number of thiazole rings is 1. The summed E-state index contributed by atoms with van der Waals surface area (Å²) in [5, 5.41) is 24.7. The molecule has 5 heterocycles. The first kappa shape index (κ1) is 31.2.